The SMILES string of the molecule is Cc1ccc(Nc2ncnc3c(Br)cc(Br)cc23)c(C)c1. The van der Waals surface area contributed by atoms with Crippen molar-refractivity contribution in [2.45, 2.75) is 13.8 Å². The fraction of sp³-hybridized carbons (Fsp3) is 0.125. The van der Waals surface area contributed by atoms with Crippen LogP contribution in [0.25, 0.3) is 10.9 Å². The monoisotopic (exact) mass is 405 g/mol. The van der Waals surface area contributed by atoms with Gasteiger partial charge in [0.2, 0.25) is 0 Å². The van der Waals surface area contributed by atoms with Crippen molar-refractivity contribution in [3.8, 4) is 0 Å². The molecule has 5 heteroatoms. The van der Waals surface area contributed by atoms with E-state index in [1.807, 2.05) is 12.1 Å². The number of hydrogen-bond donors (Lipinski definition) is 1. The van der Waals surface area contributed by atoms with E-state index in [0.29, 0.717) is 0 Å². The highest BCUT2D eigenvalue weighted by atomic mass is 79.9. The first kappa shape index (κ1) is 14.5. The molecule has 3 aromatic rings. The molecule has 0 aliphatic heterocycles. The van der Waals surface area contributed by atoms with E-state index in [2.05, 4.69) is 79.2 Å². The molecule has 0 saturated carbocycles. The third kappa shape index (κ3) is 2.94. The molecule has 0 spiro atoms. The van der Waals surface area contributed by atoms with Crippen LogP contribution in [0.15, 0.2) is 45.6 Å². The van der Waals surface area contributed by atoms with Gasteiger partial charge in [0.15, 0.2) is 0 Å². The second-order valence-electron chi connectivity index (χ2n) is 4.95. The number of anilines is 2. The second kappa shape index (κ2) is 5.73. The van der Waals surface area contributed by atoms with Gasteiger partial charge in [-0.1, -0.05) is 33.6 Å². The summed E-state index contributed by atoms with van der Waals surface area (Å²) in [4.78, 5) is 8.73. The smallest absolute Gasteiger partial charge is 0.141 e. The van der Waals surface area contributed by atoms with Crippen LogP contribution in [0.1, 0.15) is 11.1 Å². The molecule has 0 amide bonds. The topological polar surface area (TPSA) is 37.8 Å². The lowest BCUT2D eigenvalue weighted by atomic mass is 10.1. The normalized spacial score (nSPS) is 10.9. The Bertz CT molecular complexity index is 831. The Labute approximate surface area is 140 Å². The molecule has 0 aliphatic carbocycles. The maximum atomic E-state index is 4.38. The van der Waals surface area contributed by atoms with Crippen molar-refractivity contribution in [1.82, 2.24) is 9.97 Å². The van der Waals surface area contributed by atoms with Gasteiger partial charge in [0.25, 0.3) is 0 Å². The fourth-order valence-corrected chi connectivity index (χ4v) is 3.60. The summed E-state index contributed by atoms with van der Waals surface area (Å²) in [6.07, 6.45) is 1.58. The van der Waals surface area contributed by atoms with Gasteiger partial charge in [0.05, 0.1) is 5.52 Å². The minimum absolute atomic E-state index is 0.800. The van der Waals surface area contributed by atoms with Gasteiger partial charge < -0.3 is 5.32 Å². The average Bonchev–Trinajstić information content (AvgIpc) is 2.42. The molecule has 1 heterocycles. The number of rotatable bonds is 2. The van der Waals surface area contributed by atoms with E-state index in [4.69, 9.17) is 0 Å². The van der Waals surface area contributed by atoms with E-state index in [1.54, 1.807) is 6.33 Å². The van der Waals surface area contributed by atoms with Crippen LogP contribution in [0.4, 0.5) is 11.5 Å². The summed E-state index contributed by atoms with van der Waals surface area (Å²) < 4.78 is 1.93. The van der Waals surface area contributed by atoms with Crippen molar-refractivity contribution < 1.29 is 0 Å². The minimum Gasteiger partial charge on any atom is -0.339 e. The Morgan fingerprint density at radius 3 is 2.57 bits per heavy atom. The molecule has 0 saturated heterocycles. The van der Waals surface area contributed by atoms with Crippen LogP contribution in [0.2, 0.25) is 0 Å². The van der Waals surface area contributed by atoms with E-state index in [9.17, 15) is 0 Å². The van der Waals surface area contributed by atoms with Gasteiger partial charge in [-0.05, 0) is 53.5 Å². The molecule has 3 nitrogen and oxygen atoms in total. The Hall–Kier alpha value is -1.46. The first-order valence-electron chi connectivity index (χ1n) is 6.48. The van der Waals surface area contributed by atoms with Gasteiger partial charge in [0, 0.05) is 20.0 Å². The van der Waals surface area contributed by atoms with Crippen molar-refractivity contribution in [1.29, 1.82) is 0 Å². The Balaban J connectivity index is 2.12. The van der Waals surface area contributed by atoms with Gasteiger partial charge in [-0.3, -0.25) is 0 Å². The van der Waals surface area contributed by atoms with Crippen LogP contribution < -0.4 is 5.32 Å². The van der Waals surface area contributed by atoms with Crippen LogP contribution in [0, 0.1) is 13.8 Å². The number of aryl methyl sites for hydroxylation is 2. The predicted octanol–water partition coefficient (Wildman–Crippen LogP) is 5.52. The average molecular weight is 407 g/mol. The summed E-state index contributed by atoms with van der Waals surface area (Å²) in [6, 6.07) is 10.3. The lowest BCUT2D eigenvalue weighted by molar-refractivity contribution is 1.21. The Morgan fingerprint density at radius 2 is 1.81 bits per heavy atom. The molecular formula is C16H13Br2N3. The third-order valence-corrected chi connectivity index (χ3v) is 4.35. The molecule has 0 unspecified atom stereocenters. The van der Waals surface area contributed by atoms with Crippen LogP contribution in [-0.2, 0) is 0 Å². The number of nitrogens with zero attached hydrogens (tertiary/aromatic N) is 2. The van der Waals surface area contributed by atoms with E-state index < -0.39 is 0 Å². The summed E-state index contributed by atoms with van der Waals surface area (Å²) in [5.41, 5.74) is 4.38. The molecule has 0 radical (unpaired) electrons. The third-order valence-electron chi connectivity index (χ3n) is 3.29. The highest BCUT2D eigenvalue weighted by molar-refractivity contribution is 9.11. The number of benzene rings is 2. The summed E-state index contributed by atoms with van der Waals surface area (Å²) >= 11 is 7.06. The van der Waals surface area contributed by atoms with Crippen LogP contribution >= 0.6 is 31.9 Å². The van der Waals surface area contributed by atoms with E-state index in [-0.39, 0.29) is 0 Å². The lowest BCUT2D eigenvalue weighted by Crippen LogP contribution is -1.98. The highest BCUT2D eigenvalue weighted by Crippen LogP contribution is 2.32. The number of fused-ring (bicyclic) bond motifs is 1. The molecule has 106 valence electrons. The van der Waals surface area contributed by atoms with Crippen molar-refractivity contribution in [3.05, 3.63) is 56.7 Å². The second-order valence-corrected chi connectivity index (χ2v) is 6.72. The standard InChI is InChI=1S/C16H13Br2N3/c1-9-3-4-14(10(2)5-9)21-16-12-6-11(17)7-13(18)15(12)19-8-20-16/h3-8H,1-2H3,(H,19,20,21). The summed E-state index contributed by atoms with van der Waals surface area (Å²) in [6.45, 7) is 4.18. The van der Waals surface area contributed by atoms with Gasteiger partial charge in [-0.2, -0.15) is 0 Å². The molecule has 0 atom stereocenters. The highest BCUT2D eigenvalue weighted by Gasteiger charge is 2.09. The molecule has 0 bridgehead atoms. The molecule has 1 N–H and O–H groups in total. The van der Waals surface area contributed by atoms with E-state index in [1.165, 1.54) is 11.1 Å². The molecule has 2 aromatic carbocycles. The Morgan fingerprint density at radius 1 is 1.00 bits per heavy atom. The van der Waals surface area contributed by atoms with Crippen molar-refractivity contribution in [2.75, 3.05) is 5.32 Å². The summed E-state index contributed by atoms with van der Waals surface area (Å²) in [7, 11) is 0. The first-order chi connectivity index (χ1) is 10.0. The van der Waals surface area contributed by atoms with Gasteiger partial charge in [-0.25, -0.2) is 9.97 Å². The van der Waals surface area contributed by atoms with Crippen LogP contribution in [0.5, 0.6) is 0 Å². The summed E-state index contributed by atoms with van der Waals surface area (Å²) in [5.74, 6) is 0.800. The van der Waals surface area contributed by atoms with Crippen LogP contribution in [0.3, 0.4) is 0 Å². The lowest BCUT2D eigenvalue weighted by Gasteiger charge is -2.12. The molecule has 21 heavy (non-hydrogen) atoms. The Kier molecular flexibility index (Phi) is 3.95. The van der Waals surface area contributed by atoms with E-state index >= 15 is 0 Å². The van der Waals surface area contributed by atoms with Crippen molar-refractivity contribution >= 4 is 54.3 Å². The zero-order valence-corrected chi connectivity index (χ0v) is 14.8. The number of nitrogens with one attached hydrogen (secondary N) is 1. The zero-order valence-electron chi connectivity index (χ0n) is 11.6. The largest absolute Gasteiger partial charge is 0.339 e. The molecule has 1 aromatic heterocycles. The zero-order chi connectivity index (χ0) is 15.0. The minimum atomic E-state index is 0.800. The predicted molar refractivity (Wildman–Crippen MR) is 94.1 cm³/mol. The number of hydrogen-bond acceptors (Lipinski definition) is 3. The quantitative estimate of drug-likeness (QED) is 0.609. The molecular weight excluding hydrogens is 394 g/mol. The maximum Gasteiger partial charge on any atom is 0.141 e. The van der Waals surface area contributed by atoms with E-state index in [0.717, 1.165) is 31.4 Å². The first-order valence-corrected chi connectivity index (χ1v) is 8.07. The van der Waals surface area contributed by atoms with Gasteiger partial charge in [0.1, 0.15) is 12.1 Å². The van der Waals surface area contributed by atoms with Gasteiger partial charge >= 0.3 is 0 Å². The van der Waals surface area contributed by atoms with Crippen LogP contribution in [-0.4, -0.2) is 9.97 Å². The fourth-order valence-electron chi connectivity index (χ4n) is 2.27. The summed E-state index contributed by atoms with van der Waals surface area (Å²) in [5, 5.41) is 4.38. The maximum absolute atomic E-state index is 4.38. The molecule has 3 rings (SSSR count). The number of aromatic nitrogens is 2. The van der Waals surface area contributed by atoms with Crippen molar-refractivity contribution in [2.24, 2.45) is 0 Å². The van der Waals surface area contributed by atoms with Crippen molar-refractivity contribution in [3.63, 3.8) is 0 Å². The molecule has 0 aliphatic rings. The molecule has 0 fully saturated rings. The number of halogens is 2. The van der Waals surface area contributed by atoms with Gasteiger partial charge in [-0.15, -0.1) is 0 Å².